The number of benzene rings is 1. The smallest absolute Gasteiger partial charge is 0.219 e. The Labute approximate surface area is 175 Å². The van der Waals surface area contributed by atoms with Gasteiger partial charge in [0, 0.05) is 46.2 Å². The van der Waals surface area contributed by atoms with E-state index in [2.05, 4.69) is 23.6 Å². The highest BCUT2D eigenvalue weighted by molar-refractivity contribution is 5.73. The van der Waals surface area contributed by atoms with Crippen molar-refractivity contribution >= 4 is 5.91 Å². The van der Waals surface area contributed by atoms with E-state index in [1.165, 1.54) is 0 Å². The third-order valence-corrected chi connectivity index (χ3v) is 5.46. The van der Waals surface area contributed by atoms with Crippen molar-refractivity contribution < 1.29 is 19.4 Å². The van der Waals surface area contributed by atoms with E-state index in [9.17, 15) is 9.90 Å². The summed E-state index contributed by atoms with van der Waals surface area (Å²) in [5.74, 6) is 1.48. The van der Waals surface area contributed by atoms with Gasteiger partial charge in [0.2, 0.25) is 5.91 Å². The molecule has 0 bridgehead atoms. The number of aliphatic hydroxyl groups is 1. The first-order valence-electron chi connectivity index (χ1n) is 10.6. The van der Waals surface area contributed by atoms with Gasteiger partial charge >= 0.3 is 0 Å². The molecule has 1 unspecified atom stereocenters. The molecule has 7 nitrogen and oxygen atoms in total. The molecule has 1 aliphatic rings. The highest BCUT2D eigenvalue weighted by atomic mass is 16.5. The maximum absolute atomic E-state index is 11.6. The molecule has 2 rings (SSSR count). The summed E-state index contributed by atoms with van der Waals surface area (Å²) in [6, 6.07) is 5.96. The molecule has 1 aromatic rings. The van der Waals surface area contributed by atoms with Gasteiger partial charge in [-0.3, -0.25) is 9.69 Å². The zero-order valence-corrected chi connectivity index (χ0v) is 18.4. The zero-order valence-electron chi connectivity index (χ0n) is 18.4. The second-order valence-electron chi connectivity index (χ2n) is 7.57. The van der Waals surface area contributed by atoms with Crippen molar-refractivity contribution in [3.63, 3.8) is 0 Å². The number of amides is 1. The predicted molar refractivity (Wildman–Crippen MR) is 114 cm³/mol. The number of aliphatic hydroxyl groups excluding tert-OH is 1. The molecule has 1 aromatic carbocycles. The molecule has 7 heteroatoms. The Morgan fingerprint density at radius 3 is 2.59 bits per heavy atom. The topological polar surface area (TPSA) is 65.5 Å². The standard InChI is InChI=1S/C22H37N3O4/c1-5-23(6-2)16-20(27)17-29-21-9-8-19(14-22(21)28-4)15-24-10-7-11-25(13-12-24)18(3)26/h8-9,14,20,27H,5-7,10-13,15-17H2,1-4H3. The van der Waals surface area contributed by atoms with Crippen LogP contribution in [-0.2, 0) is 11.3 Å². The van der Waals surface area contributed by atoms with Gasteiger partial charge in [0.25, 0.3) is 0 Å². The van der Waals surface area contributed by atoms with E-state index in [1.54, 1.807) is 14.0 Å². The summed E-state index contributed by atoms with van der Waals surface area (Å²) in [6.07, 6.45) is 0.447. The fourth-order valence-corrected chi connectivity index (χ4v) is 3.65. The molecule has 1 amide bonds. The second kappa shape index (κ2) is 12.0. The minimum Gasteiger partial charge on any atom is -0.493 e. The fourth-order valence-electron chi connectivity index (χ4n) is 3.65. The van der Waals surface area contributed by atoms with E-state index in [0.717, 1.165) is 57.8 Å². The highest BCUT2D eigenvalue weighted by Gasteiger charge is 2.17. The number of hydrogen-bond donors (Lipinski definition) is 1. The normalized spacial score (nSPS) is 16.6. The lowest BCUT2D eigenvalue weighted by Gasteiger charge is -2.23. The molecule has 164 valence electrons. The Balaban J connectivity index is 1.91. The predicted octanol–water partition coefficient (Wildman–Crippen LogP) is 1.83. The van der Waals surface area contributed by atoms with Crippen molar-refractivity contribution in [2.75, 3.05) is 59.5 Å². The Bertz CT molecular complexity index is 636. The van der Waals surface area contributed by atoms with Gasteiger partial charge in [-0.1, -0.05) is 19.9 Å². The molecule has 1 atom stereocenters. The number of likely N-dealkylation sites (N-methyl/N-ethyl adjacent to an activating group) is 1. The summed E-state index contributed by atoms with van der Waals surface area (Å²) >= 11 is 0. The lowest BCUT2D eigenvalue weighted by Crippen LogP contribution is -2.35. The third kappa shape index (κ3) is 7.49. The molecule has 0 aliphatic carbocycles. The number of methoxy groups -OCH3 is 1. The van der Waals surface area contributed by atoms with Crippen molar-refractivity contribution in [1.29, 1.82) is 0 Å². The summed E-state index contributed by atoms with van der Waals surface area (Å²) in [5.41, 5.74) is 1.15. The van der Waals surface area contributed by atoms with E-state index in [1.807, 2.05) is 23.1 Å². The van der Waals surface area contributed by atoms with Crippen LogP contribution < -0.4 is 9.47 Å². The summed E-state index contributed by atoms with van der Waals surface area (Å²) in [7, 11) is 1.63. The van der Waals surface area contributed by atoms with Crippen molar-refractivity contribution in [3.05, 3.63) is 23.8 Å². The van der Waals surface area contributed by atoms with Gasteiger partial charge in [0.15, 0.2) is 11.5 Å². The number of carbonyl (C=O) groups is 1. The van der Waals surface area contributed by atoms with Gasteiger partial charge < -0.3 is 24.4 Å². The van der Waals surface area contributed by atoms with Crippen molar-refractivity contribution in [1.82, 2.24) is 14.7 Å². The van der Waals surface area contributed by atoms with E-state index in [-0.39, 0.29) is 12.5 Å². The molecular formula is C22H37N3O4. The maximum Gasteiger partial charge on any atom is 0.219 e. The number of nitrogens with zero attached hydrogens (tertiary/aromatic N) is 3. The average Bonchev–Trinajstić information content (AvgIpc) is 2.96. The molecule has 0 saturated carbocycles. The second-order valence-corrected chi connectivity index (χ2v) is 7.57. The number of ether oxygens (including phenoxy) is 2. The van der Waals surface area contributed by atoms with E-state index in [4.69, 9.17) is 9.47 Å². The highest BCUT2D eigenvalue weighted by Crippen LogP contribution is 2.29. The first-order valence-corrected chi connectivity index (χ1v) is 10.6. The largest absolute Gasteiger partial charge is 0.493 e. The molecule has 1 fully saturated rings. The van der Waals surface area contributed by atoms with E-state index in [0.29, 0.717) is 18.0 Å². The number of rotatable bonds is 10. The summed E-state index contributed by atoms with van der Waals surface area (Å²) < 4.78 is 11.3. The zero-order chi connectivity index (χ0) is 21.2. The SMILES string of the molecule is CCN(CC)CC(O)COc1ccc(CN2CCCN(C(C)=O)CC2)cc1OC. The average molecular weight is 408 g/mol. The van der Waals surface area contributed by atoms with Gasteiger partial charge in [-0.05, 0) is 37.2 Å². The summed E-state index contributed by atoms with van der Waals surface area (Å²) in [5, 5.41) is 10.2. The van der Waals surface area contributed by atoms with Gasteiger partial charge in [-0.2, -0.15) is 0 Å². The Kier molecular flexibility index (Phi) is 9.70. The van der Waals surface area contributed by atoms with Crippen LogP contribution in [0, 0.1) is 0 Å². The van der Waals surface area contributed by atoms with Crippen LogP contribution in [0.2, 0.25) is 0 Å². The van der Waals surface area contributed by atoms with Gasteiger partial charge in [-0.15, -0.1) is 0 Å². The van der Waals surface area contributed by atoms with Gasteiger partial charge in [0.1, 0.15) is 12.7 Å². The van der Waals surface area contributed by atoms with Crippen molar-refractivity contribution in [2.24, 2.45) is 0 Å². The van der Waals surface area contributed by atoms with Crippen LogP contribution in [0.4, 0.5) is 0 Å². The van der Waals surface area contributed by atoms with E-state index >= 15 is 0 Å². The monoisotopic (exact) mass is 407 g/mol. The summed E-state index contributed by atoms with van der Waals surface area (Å²) in [4.78, 5) is 18.1. The quantitative estimate of drug-likeness (QED) is 0.638. The molecule has 1 saturated heterocycles. The van der Waals surface area contributed by atoms with Crippen molar-refractivity contribution in [2.45, 2.75) is 39.8 Å². The number of carbonyl (C=O) groups excluding carboxylic acids is 1. The lowest BCUT2D eigenvalue weighted by molar-refractivity contribution is -0.128. The minimum absolute atomic E-state index is 0.151. The van der Waals surface area contributed by atoms with E-state index < -0.39 is 6.10 Å². The molecule has 0 aromatic heterocycles. The van der Waals surface area contributed by atoms with Crippen LogP contribution in [0.5, 0.6) is 11.5 Å². The minimum atomic E-state index is -0.541. The fraction of sp³-hybridized carbons (Fsp3) is 0.682. The van der Waals surface area contributed by atoms with Crippen LogP contribution in [-0.4, -0.2) is 91.3 Å². The first-order chi connectivity index (χ1) is 14.0. The lowest BCUT2D eigenvalue weighted by atomic mass is 10.2. The van der Waals surface area contributed by atoms with Crippen LogP contribution >= 0.6 is 0 Å². The molecule has 1 aliphatic heterocycles. The molecule has 29 heavy (non-hydrogen) atoms. The third-order valence-electron chi connectivity index (χ3n) is 5.46. The Hall–Kier alpha value is -1.83. The molecule has 1 heterocycles. The van der Waals surface area contributed by atoms with Gasteiger partial charge in [0.05, 0.1) is 7.11 Å². The van der Waals surface area contributed by atoms with Crippen LogP contribution in [0.3, 0.4) is 0 Å². The van der Waals surface area contributed by atoms with Crippen LogP contribution in [0.1, 0.15) is 32.8 Å². The number of hydrogen-bond acceptors (Lipinski definition) is 6. The van der Waals surface area contributed by atoms with Crippen LogP contribution in [0.15, 0.2) is 18.2 Å². The Morgan fingerprint density at radius 1 is 1.17 bits per heavy atom. The summed E-state index contributed by atoms with van der Waals surface area (Å²) in [6.45, 7) is 12.7. The molecule has 1 N–H and O–H groups in total. The molecular weight excluding hydrogens is 370 g/mol. The van der Waals surface area contributed by atoms with Crippen LogP contribution in [0.25, 0.3) is 0 Å². The van der Waals surface area contributed by atoms with Gasteiger partial charge in [-0.25, -0.2) is 0 Å². The van der Waals surface area contributed by atoms with Crippen molar-refractivity contribution in [3.8, 4) is 11.5 Å². The Morgan fingerprint density at radius 2 is 1.93 bits per heavy atom. The maximum atomic E-state index is 11.6. The molecule has 0 radical (unpaired) electrons. The first kappa shape index (κ1) is 23.4. The molecule has 0 spiro atoms.